The lowest BCUT2D eigenvalue weighted by molar-refractivity contribution is -0.143. The molecule has 0 unspecified atom stereocenters. The van der Waals surface area contributed by atoms with Crippen molar-refractivity contribution >= 4 is 11.9 Å². The molecule has 19 heavy (non-hydrogen) atoms. The van der Waals surface area contributed by atoms with Crippen LogP contribution in [0.1, 0.15) is 39.0 Å². The van der Waals surface area contributed by atoms with E-state index in [-0.39, 0.29) is 13.2 Å². The van der Waals surface area contributed by atoms with Crippen molar-refractivity contribution in [3.8, 4) is 0 Å². The predicted molar refractivity (Wildman–Crippen MR) is 68.7 cm³/mol. The number of nitrogens with one attached hydrogen (secondary N) is 1. The van der Waals surface area contributed by atoms with Crippen LogP contribution in [0.4, 0.5) is 0 Å². The van der Waals surface area contributed by atoms with Crippen molar-refractivity contribution in [1.82, 2.24) is 5.32 Å². The highest BCUT2D eigenvalue weighted by Gasteiger charge is 2.32. The summed E-state index contributed by atoms with van der Waals surface area (Å²) in [5.74, 6) is -0.827. The SMILES string of the molecule is CCC1CCC(O)(CNC(=O)COCC(=O)O)CC1. The molecule has 0 aromatic carbocycles. The predicted octanol–water partition coefficient (Wildman–Crippen LogP) is 0.535. The molecule has 110 valence electrons. The Bertz CT molecular complexity index is 310. The van der Waals surface area contributed by atoms with Crippen LogP contribution in [0.2, 0.25) is 0 Å². The molecule has 0 heterocycles. The zero-order chi connectivity index (χ0) is 14.3. The molecule has 0 saturated heterocycles. The molecule has 6 nitrogen and oxygen atoms in total. The molecule has 1 aliphatic rings. The molecule has 1 rings (SSSR count). The second kappa shape index (κ2) is 7.45. The van der Waals surface area contributed by atoms with Crippen LogP contribution in [0.15, 0.2) is 0 Å². The maximum absolute atomic E-state index is 11.4. The van der Waals surface area contributed by atoms with Gasteiger partial charge in [-0.3, -0.25) is 4.79 Å². The van der Waals surface area contributed by atoms with E-state index in [9.17, 15) is 14.7 Å². The summed E-state index contributed by atoms with van der Waals surface area (Å²) >= 11 is 0. The lowest BCUT2D eigenvalue weighted by Crippen LogP contribution is -2.46. The number of aliphatic hydroxyl groups is 1. The molecule has 0 aromatic rings. The first-order valence-electron chi connectivity index (χ1n) is 6.74. The van der Waals surface area contributed by atoms with Crippen molar-refractivity contribution in [2.24, 2.45) is 5.92 Å². The Morgan fingerprint density at radius 1 is 1.32 bits per heavy atom. The molecule has 0 aromatic heterocycles. The minimum Gasteiger partial charge on any atom is -0.480 e. The maximum Gasteiger partial charge on any atom is 0.329 e. The molecule has 3 N–H and O–H groups in total. The summed E-state index contributed by atoms with van der Waals surface area (Å²) < 4.78 is 4.67. The first-order valence-corrected chi connectivity index (χ1v) is 6.74. The highest BCUT2D eigenvalue weighted by molar-refractivity contribution is 5.77. The van der Waals surface area contributed by atoms with Crippen molar-refractivity contribution < 1.29 is 24.5 Å². The van der Waals surface area contributed by atoms with Crippen molar-refractivity contribution in [1.29, 1.82) is 0 Å². The smallest absolute Gasteiger partial charge is 0.329 e. The van der Waals surface area contributed by atoms with Crippen LogP contribution >= 0.6 is 0 Å². The van der Waals surface area contributed by atoms with Crippen LogP contribution in [0.25, 0.3) is 0 Å². The highest BCUT2D eigenvalue weighted by Crippen LogP contribution is 2.33. The van der Waals surface area contributed by atoms with Gasteiger partial charge in [0, 0.05) is 6.54 Å². The lowest BCUT2D eigenvalue weighted by Gasteiger charge is -2.35. The molecule has 1 saturated carbocycles. The number of carbonyl (C=O) groups excluding carboxylic acids is 1. The molecule has 0 aliphatic heterocycles. The zero-order valence-electron chi connectivity index (χ0n) is 11.4. The van der Waals surface area contributed by atoms with Gasteiger partial charge in [-0.25, -0.2) is 4.79 Å². The molecule has 1 amide bonds. The van der Waals surface area contributed by atoms with Crippen molar-refractivity contribution in [3.63, 3.8) is 0 Å². The summed E-state index contributed by atoms with van der Waals surface area (Å²) in [6, 6.07) is 0. The quantitative estimate of drug-likeness (QED) is 0.629. The van der Waals surface area contributed by atoms with Crippen molar-refractivity contribution in [2.45, 2.75) is 44.6 Å². The number of amides is 1. The number of carbonyl (C=O) groups is 2. The van der Waals surface area contributed by atoms with Gasteiger partial charge in [0.05, 0.1) is 5.60 Å². The number of aliphatic carboxylic acids is 1. The number of carboxylic acid groups (broad SMARTS) is 1. The Hall–Kier alpha value is -1.14. The van der Waals surface area contributed by atoms with E-state index in [0.29, 0.717) is 18.8 Å². The summed E-state index contributed by atoms with van der Waals surface area (Å²) in [4.78, 5) is 21.6. The summed E-state index contributed by atoms with van der Waals surface area (Å²) in [5, 5.41) is 21.2. The van der Waals surface area contributed by atoms with E-state index in [2.05, 4.69) is 17.0 Å². The number of rotatable bonds is 7. The van der Waals surface area contributed by atoms with Crippen LogP contribution in [-0.4, -0.2) is 47.4 Å². The van der Waals surface area contributed by atoms with E-state index >= 15 is 0 Å². The number of carboxylic acids is 1. The van der Waals surface area contributed by atoms with Gasteiger partial charge in [0.25, 0.3) is 0 Å². The third kappa shape index (κ3) is 6.02. The third-order valence-electron chi connectivity index (χ3n) is 3.69. The van der Waals surface area contributed by atoms with E-state index in [1.807, 2.05) is 0 Å². The average molecular weight is 273 g/mol. The van der Waals surface area contributed by atoms with Gasteiger partial charge in [-0.05, 0) is 31.6 Å². The molecule has 0 spiro atoms. The lowest BCUT2D eigenvalue weighted by atomic mass is 9.78. The Balaban J connectivity index is 2.20. The fraction of sp³-hybridized carbons (Fsp3) is 0.846. The van der Waals surface area contributed by atoms with E-state index < -0.39 is 24.1 Å². The maximum atomic E-state index is 11.4. The average Bonchev–Trinajstić information content (AvgIpc) is 2.37. The number of hydrogen-bond acceptors (Lipinski definition) is 4. The van der Waals surface area contributed by atoms with Crippen LogP contribution in [-0.2, 0) is 14.3 Å². The van der Waals surface area contributed by atoms with Gasteiger partial charge in [0.15, 0.2) is 0 Å². The van der Waals surface area contributed by atoms with E-state index in [0.717, 1.165) is 19.3 Å². The number of hydrogen-bond donors (Lipinski definition) is 3. The van der Waals surface area contributed by atoms with Gasteiger partial charge >= 0.3 is 5.97 Å². The first kappa shape index (κ1) is 15.9. The largest absolute Gasteiger partial charge is 0.480 e. The van der Waals surface area contributed by atoms with Gasteiger partial charge in [-0.1, -0.05) is 13.3 Å². The summed E-state index contributed by atoms with van der Waals surface area (Å²) in [7, 11) is 0. The highest BCUT2D eigenvalue weighted by atomic mass is 16.5. The van der Waals surface area contributed by atoms with Gasteiger partial charge in [-0.15, -0.1) is 0 Å². The normalized spacial score (nSPS) is 26.9. The fourth-order valence-corrected chi connectivity index (χ4v) is 2.35. The Labute approximate surface area is 113 Å². The molecule has 1 fully saturated rings. The van der Waals surface area contributed by atoms with Crippen LogP contribution in [0.3, 0.4) is 0 Å². The summed E-state index contributed by atoms with van der Waals surface area (Å²) in [5.41, 5.74) is -0.825. The van der Waals surface area contributed by atoms with Crippen LogP contribution in [0, 0.1) is 5.92 Å². The van der Waals surface area contributed by atoms with Gasteiger partial charge in [0.2, 0.25) is 5.91 Å². The van der Waals surface area contributed by atoms with Gasteiger partial charge in [-0.2, -0.15) is 0 Å². The van der Waals surface area contributed by atoms with E-state index in [1.165, 1.54) is 0 Å². The van der Waals surface area contributed by atoms with Gasteiger partial charge in [0.1, 0.15) is 13.2 Å². The fourth-order valence-electron chi connectivity index (χ4n) is 2.35. The molecule has 6 heteroatoms. The Morgan fingerprint density at radius 3 is 2.47 bits per heavy atom. The minimum absolute atomic E-state index is 0.207. The standard InChI is InChI=1S/C13H23NO5/c1-2-10-3-5-13(18,6-4-10)9-14-11(15)7-19-8-12(16)17/h10,18H,2-9H2,1H3,(H,14,15)(H,16,17). The summed E-state index contributed by atoms with van der Waals surface area (Å²) in [6.45, 7) is 1.57. The van der Waals surface area contributed by atoms with Gasteiger partial charge < -0.3 is 20.3 Å². The minimum atomic E-state index is -1.11. The topological polar surface area (TPSA) is 95.9 Å². The summed E-state index contributed by atoms with van der Waals surface area (Å²) in [6.07, 6.45) is 4.49. The molecular weight excluding hydrogens is 250 g/mol. The van der Waals surface area contributed by atoms with Crippen molar-refractivity contribution in [2.75, 3.05) is 19.8 Å². The van der Waals surface area contributed by atoms with Crippen LogP contribution < -0.4 is 5.32 Å². The molecule has 1 aliphatic carbocycles. The Morgan fingerprint density at radius 2 is 1.95 bits per heavy atom. The molecular formula is C13H23NO5. The number of ether oxygens (including phenoxy) is 1. The monoisotopic (exact) mass is 273 g/mol. The second-order valence-electron chi connectivity index (χ2n) is 5.24. The molecule has 0 atom stereocenters. The van der Waals surface area contributed by atoms with Crippen LogP contribution in [0.5, 0.6) is 0 Å². The third-order valence-corrected chi connectivity index (χ3v) is 3.69. The molecule has 0 radical (unpaired) electrons. The first-order chi connectivity index (χ1) is 8.95. The Kier molecular flexibility index (Phi) is 6.24. The van der Waals surface area contributed by atoms with Crippen molar-refractivity contribution in [3.05, 3.63) is 0 Å². The second-order valence-corrected chi connectivity index (χ2v) is 5.24. The van der Waals surface area contributed by atoms with E-state index in [4.69, 9.17) is 5.11 Å². The van der Waals surface area contributed by atoms with E-state index in [1.54, 1.807) is 0 Å². The molecule has 0 bridgehead atoms. The zero-order valence-corrected chi connectivity index (χ0v) is 11.4.